The number of hydrogen-bond donors (Lipinski definition) is 1. The summed E-state index contributed by atoms with van der Waals surface area (Å²) in [5, 5.41) is 0.259. The van der Waals surface area contributed by atoms with E-state index in [0.29, 0.717) is 0 Å². The third kappa shape index (κ3) is 3.65. The van der Waals surface area contributed by atoms with Crippen molar-refractivity contribution in [2.75, 3.05) is 11.8 Å². The second kappa shape index (κ2) is 6.46. The Bertz CT molecular complexity index is 791. The zero-order chi connectivity index (χ0) is 15.6. The van der Waals surface area contributed by atoms with Crippen LogP contribution >= 0.6 is 45.5 Å². The number of carbonyl (C=O) groups is 1. The first-order chi connectivity index (χ1) is 9.85. The van der Waals surface area contributed by atoms with Gasteiger partial charge in [-0.2, -0.15) is 0 Å². The first-order valence-electron chi connectivity index (χ1n) is 5.35. The zero-order valence-electron chi connectivity index (χ0n) is 10.5. The van der Waals surface area contributed by atoms with Crippen LogP contribution in [0.4, 0.5) is 5.69 Å². The predicted molar refractivity (Wildman–Crippen MR) is 88.4 cm³/mol. The van der Waals surface area contributed by atoms with E-state index in [2.05, 4.69) is 37.0 Å². The number of aromatic nitrogens is 1. The molecule has 10 heteroatoms. The second-order valence-electron chi connectivity index (χ2n) is 3.71. The molecule has 0 saturated carbocycles. The third-order valence-corrected chi connectivity index (χ3v) is 6.05. The lowest BCUT2D eigenvalue weighted by atomic mass is 10.3. The number of carbonyl (C=O) groups excluding carboxylic acids is 1. The van der Waals surface area contributed by atoms with Crippen LogP contribution in [0.25, 0.3) is 0 Å². The van der Waals surface area contributed by atoms with Crippen molar-refractivity contribution in [3.05, 3.63) is 38.0 Å². The van der Waals surface area contributed by atoms with Crippen molar-refractivity contribution in [3.63, 3.8) is 0 Å². The Morgan fingerprint density at radius 1 is 1.48 bits per heavy atom. The van der Waals surface area contributed by atoms with Gasteiger partial charge in [0.25, 0.3) is 10.0 Å². The Kier molecular flexibility index (Phi) is 5.07. The molecule has 0 fully saturated rings. The standard InChI is InChI=1S/C11H8ClIN2O4S2/c1-19-10(16)9-11(20-5-14-9)21(17,18)15-8-3-2-6(13)4-7(8)12/h2-5,15H,1H3. The minimum absolute atomic E-state index is 0.219. The average Bonchev–Trinajstić information content (AvgIpc) is 2.91. The Morgan fingerprint density at radius 2 is 2.19 bits per heavy atom. The molecule has 112 valence electrons. The van der Waals surface area contributed by atoms with Crippen molar-refractivity contribution < 1.29 is 17.9 Å². The maximum Gasteiger partial charge on any atom is 0.358 e. The summed E-state index contributed by atoms with van der Waals surface area (Å²) >= 11 is 8.87. The largest absolute Gasteiger partial charge is 0.464 e. The minimum Gasteiger partial charge on any atom is -0.464 e. The van der Waals surface area contributed by atoms with Gasteiger partial charge in [-0.05, 0) is 40.8 Å². The number of nitrogens with one attached hydrogen (secondary N) is 1. The molecule has 0 bridgehead atoms. The second-order valence-corrected chi connectivity index (χ2v) is 8.09. The van der Waals surface area contributed by atoms with Crippen LogP contribution in [-0.2, 0) is 14.8 Å². The number of rotatable bonds is 4. The quantitative estimate of drug-likeness (QED) is 0.562. The molecule has 0 amide bonds. The summed E-state index contributed by atoms with van der Waals surface area (Å²) in [5.74, 6) is -0.815. The third-order valence-electron chi connectivity index (χ3n) is 2.33. The van der Waals surface area contributed by atoms with Crippen LogP contribution in [0.5, 0.6) is 0 Å². The van der Waals surface area contributed by atoms with Gasteiger partial charge in [0, 0.05) is 3.57 Å². The van der Waals surface area contributed by atoms with E-state index < -0.39 is 16.0 Å². The Morgan fingerprint density at radius 3 is 2.81 bits per heavy atom. The number of benzene rings is 1. The number of ether oxygens (including phenoxy) is 1. The van der Waals surface area contributed by atoms with Crippen molar-refractivity contribution >= 4 is 67.2 Å². The number of thiazole rings is 1. The van der Waals surface area contributed by atoms with Gasteiger partial charge in [-0.15, -0.1) is 11.3 Å². The van der Waals surface area contributed by atoms with E-state index in [9.17, 15) is 13.2 Å². The fraction of sp³-hybridized carbons (Fsp3) is 0.0909. The lowest BCUT2D eigenvalue weighted by molar-refractivity contribution is 0.0590. The van der Waals surface area contributed by atoms with Gasteiger partial charge in [-0.1, -0.05) is 11.6 Å². The lowest BCUT2D eigenvalue weighted by Gasteiger charge is -2.09. The van der Waals surface area contributed by atoms with Crippen LogP contribution in [-0.4, -0.2) is 26.5 Å². The number of esters is 1. The highest BCUT2D eigenvalue weighted by Gasteiger charge is 2.27. The number of halogens is 2. The highest BCUT2D eigenvalue weighted by Crippen LogP contribution is 2.28. The maximum absolute atomic E-state index is 12.3. The van der Waals surface area contributed by atoms with E-state index in [-0.39, 0.29) is 20.6 Å². The van der Waals surface area contributed by atoms with E-state index in [0.717, 1.165) is 22.0 Å². The molecule has 0 atom stereocenters. The average molecular weight is 459 g/mol. The smallest absolute Gasteiger partial charge is 0.358 e. The summed E-state index contributed by atoms with van der Waals surface area (Å²) in [5.41, 5.74) is 1.23. The maximum atomic E-state index is 12.3. The number of sulfonamides is 1. The highest BCUT2D eigenvalue weighted by molar-refractivity contribution is 14.1. The van der Waals surface area contributed by atoms with Crippen LogP contribution < -0.4 is 4.72 Å². The van der Waals surface area contributed by atoms with E-state index in [1.807, 2.05) is 0 Å². The molecule has 0 aliphatic carbocycles. The molecule has 1 heterocycles. The van der Waals surface area contributed by atoms with Gasteiger partial charge >= 0.3 is 5.97 Å². The van der Waals surface area contributed by atoms with Crippen molar-refractivity contribution in [3.8, 4) is 0 Å². The van der Waals surface area contributed by atoms with E-state index in [1.165, 1.54) is 5.51 Å². The number of hydrogen-bond acceptors (Lipinski definition) is 6. The first kappa shape index (κ1) is 16.5. The van der Waals surface area contributed by atoms with Gasteiger partial charge < -0.3 is 4.74 Å². The molecule has 0 aliphatic rings. The molecule has 0 aliphatic heterocycles. The van der Waals surface area contributed by atoms with Crippen LogP contribution in [0, 0.1) is 3.57 Å². The highest BCUT2D eigenvalue weighted by atomic mass is 127. The summed E-state index contributed by atoms with van der Waals surface area (Å²) in [6.07, 6.45) is 0. The van der Waals surface area contributed by atoms with Crippen LogP contribution in [0.15, 0.2) is 27.9 Å². The van der Waals surface area contributed by atoms with Crippen molar-refractivity contribution in [1.82, 2.24) is 4.98 Å². The number of methoxy groups -OCH3 is 1. The van der Waals surface area contributed by atoms with E-state index >= 15 is 0 Å². The van der Waals surface area contributed by atoms with Crippen LogP contribution in [0.1, 0.15) is 10.5 Å². The number of nitrogens with zero attached hydrogens (tertiary/aromatic N) is 1. The van der Waals surface area contributed by atoms with Gasteiger partial charge in [0.2, 0.25) is 0 Å². The van der Waals surface area contributed by atoms with Crippen molar-refractivity contribution in [2.45, 2.75) is 4.21 Å². The Balaban J connectivity index is 2.39. The molecule has 0 unspecified atom stereocenters. The Hall–Kier alpha value is -0.910. The predicted octanol–water partition coefficient (Wildman–Crippen LogP) is 2.99. The Labute approximate surface area is 143 Å². The fourth-order valence-electron chi connectivity index (χ4n) is 1.42. The van der Waals surface area contributed by atoms with Crippen molar-refractivity contribution in [1.29, 1.82) is 0 Å². The van der Waals surface area contributed by atoms with Gasteiger partial charge in [0.05, 0.1) is 23.3 Å². The molecule has 21 heavy (non-hydrogen) atoms. The molecule has 0 spiro atoms. The number of anilines is 1. The van der Waals surface area contributed by atoms with E-state index in [1.54, 1.807) is 18.2 Å². The summed E-state index contributed by atoms with van der Waals surface area (Å²) in [4.78, 5) is 15.2. The van der Waals surface area contributed by atoms with Gasteiger partial charge in [-0.25, -0.2) is 18.2 Å². The van der Waals surface area contributed by atoms with Gasteiger partial charge in [0.15, 0.2) is 9.90 Å². The lowest BCUT2D eigenvalue weighted by Crippen LogP contribution is -2.16. The molecule has 1 N–H and O–H groups in total. The SMILES string of the molecule is COC(=O)c1ncsc1S(=O)(=O)Nc1ccc(I)cc1Cl. The molecular formula is C11H8ClIN2O4S2. The van der Waals surface area contributed by atoms with E-state index in [4.69, 9.17) is 11.6 Å². The molecule has 0 saturated heterocycles. The van der Waals surface area contributed by atoms with Gasteiger partial charge in [0.1, 0.15) is 0 Å². The molecule has 2 aromatic rings. The normalized spacial score (nSPS) is 11.2. The monoisotopic (exact) mass is 458 g/mol. The molecule has 1 aromatic carbocycles. The van der Waals surface area contributed by atoms with Crippen molar-refractivity contribution in [2.24, 2.45) is 0 Å². The summed E-state index contributed by atoms with van der Waals surface area (Å²) in [7, 11) is -2.82. The zero-order valence-corrected chi connectivity index (χ0v) is 15.0. The van der Waals surface area contributed by atoms with Crippen LogP contribution in [0.2, 0.25) is 5.02 Å². The molecular weight excluding hydrogens is 451 g/mol. The topological polar surface area (TPSA) is 85.4 Å². The fourth-order valence-corrected chi connectivity index (χ4v) is 4.59. The van der Waals surface area contributed by atoms with Crippen LogP contribution in [0.3, 0.4) is 0 Å². The molecule has 2 rings (SSSR count). The molecule has 0 radical (unpaired) electrons. The van der Waals surface area contributed by atoms with Gasteiger partial charge in [-0.3, -0.25) is 4.72 Å². The summed E-state index contributed by atoms with van der Waals surface area (Å²) < 4.78 is 32.2. The first-order valence-corrected chi connectivity index (χ1v) is 9.17. The summed E-state index contributed by atoms with van der Waals surface area (Å²) in [6.45, 7) is 0. The molecule has 6 nitrogen and oxygen atoms in total. The molecule has 1 aromatic heterocycles. The summed E-state index contributed by atoms with van der Waals surface area (Å²) in [6, 6.07) is 4.87. The minimum atomic E-state index is -3.97.